The minimum absolute atomic E-state index is 0.189. The first kappa shape index (κ1) is 17.9. The van der Waals surface area contributed by atoms with Gasteiger partial charge in [0.05, 0.1) is 29.9 Å². The highest BCUT2D eigenvalue weighted by atomic mass is 79.9. The summed E-state index contributed by atoms with van der Waals surface area (Å²) in [5.74, 6) is -0.807. The summed E-state index contributed by atoms with van der Waals surface area (Å²) in [5.41, 5.74) is -2.44. The number of halogens is 4. The summed E-state index contributed by atoms with van der Waals surface area (Å²) >= 11 is 3.02. The Labute approximate surface area is 128 Å². The van der Waals surface area contributed by atoms with Crippen molar-refractivity contribution in [2.24, 2.45) is 0 Å². The van der Waals surface area contributed by atoms with Gasteiger partial charge in [-0.1, -0.05) is 6.92 Å². The molecule has 0 fully saturated rings. The molecule has 0 unspecified atom stereocenters. The van der Waals surface area contributed by atoms with Crippen molar-refractivity contribution in [2.45, 2.75) is 25.1 Å². The minimum atomic E-state index is -4.56. The lowest BCUT2D eigenvalue weighted by Gasteiger charge is -2.30. The van der Waals surface area contributed by atoms with Crippen LogP contribution in [0.1, 0.15) is 29.3 Å². The van der Waals surface area contributed by atoms with Gasteiger partial charge in [0.1, 0.15) is 0 Å². The Morgan fingerprint density at radius 2 is 1.86 bits per heavy atom. The van der Waals surface area contributed by atoms with Crippen molar-refractivity contribution < 1.29 is 28.2 Å². The fraction of sp³-hybridized carbons (Fsp3) is 0.462. The lowest BCUT2D eigenvalue weighted by Crippen LogP contribution is -2.53. The summed E-state index contributed by atoms with van der Waals surface area (Å²) < 4.78 is 38.2. The number of carbonyl (C=O) groups is 1. The molecule has 0 aliphatic heterocycles. The lowest BCUT2D eigenvalue weighted by atomic mass is 9.97. The predicted octanol–water partition coefficient (Wildman–Crippen LogP) is 2.33. The first-order valence-corrected chi connectivity index (χ1v) is 6.89. The van der Waals surface area contributed by atoms with Gasteiger partial charge in [-0.3, -0.25) is 4.79 Å². The first-order chi connectivity index (χ1) is 9.69. The van der Waals surface area contributed by atoms with Crippen LogP contribution in [0.4, 0.5) is 13.2 Å². The Morgan fingerprint density at radius 3 is 2.29 bits per heavy atom. The van der Waals surface area contributed by atoms with Crippen LogP contribution in [-0.4, -0.2) is 34.9 Å². The van der Waals surface area contributed by atoms with E-state index in [0.717, 1.165) is 12.1 Å². The van der Waals surface area contributed by atoms with Crippen LogP contribution < -0.4 is 5.32 Å². The highest BCUT2D eigenvalue weighted by Crippen LogP contribution is 2.32. The molecule has 1 rings (SSSR count). The summed E-state index contributed by atoms with van der Waals surface area (Å²) in [4.78, 5) is 12.1. The maximum absolute atomic E-state index is 12.7. The maximum atomic E-state index is 12.7. The fourth-order valence-electron chi connectivity index (χ4n) is 1.62. The van der Waals surface area contributed by atoms with Gasteiger partial charge in [-0.05, 0) is 40.5 Å². The van der Waals surface area contributed by atoms with E-state index in [-0.39, 0.29) is 16.5 Å². The monoisotopic (exact) mass is 369 g/mol. The third-order valence-electron chi connectivity index (χ3n) is 3.20. The standard InChI is InChI=1S/C13H15BrF3NO3/c1-2-12(6-19,7-20)18-11(21)9-5-8(13(15,16)17)3-4-10(9)14/h3-5,19-20H,2,6-7H2,1H3,(H,18,21). The van der Waals surface area contributed by atoms with Crippen molar-refractivity contribution in [1.82, 2.24) is 5.32 Å². The molecular formula is C13H15BrF3NO3. The number of nitrogens with one attached hydrogen (secondary N) is 1. The van der Waals surface area contributed by atoms with E-state index in [0.29, 0.717) is 6.07 Å². The summed E-state index contributed by atoms with van der Waals surface area (Å²) in [5, 5.41) is 20.9. The third-order valence-corrected chi connectivity index (χ3v) is 3.89. The van der Waals surface area contributed by atoms with Crippen molar-refractivity contribution in [2.75, 3.05) is 13.2 Å². The van der Waals surface area contributed by atoms with E-state index in [2.05, 4.69) is 21.2 Å². The van der Waals surface area contributed by atoms with E-state index in [4.69, 9.17) is 0 Å². The molecule has 0 heterocycles. The molecule has 0 saturated carbocycles. The number of hydrogen-bond donors (Lipinski definition) is 3. The van der Waals surface area contributed by atoms with E-state index < -0.39 is 36.4 Å². The lowest BCUT2D eigenvalue weighted by molar-refractivity contribution is -0.137. The van der Waals surface area contributed by atoms with Crippen LogP contribution in [0.3, 0.4) is 0 Å². The molecule has 0 aliphatic rings. The molecule has 0 radical (unpaired) electrons. The number of benzene rings is 1. The molecule has 1 aromatic rings. The number of rotatable bonds is 5. The second-order valence-electron chi connectivity index (χ2n) is 4.60. The van der Waals surface area contributed by atoms with Gasteiger partial charge in [-0.2, -0.15) is 13.2 Å². The molecule has 1 aromatic carbocycles. The maximum Gasteiger partial charge on any atom is 0.416 e. The Morgan fingerprint density at radius 1 is 1.29 bits per heavy atom. The Kier molecular flexibility index (Phi) is 5.77. The molecule has 0 aromatic heterocycles. The molecule has 0 aliphatic carbocycles. The number of aliphatic hydroxyl groups is 2. The smallest absolute Gasteiger partial charge is 0.394 e. The van der Waals surface area contributed by atoms with Crippen LogP contribution in [0.5, 0.6) is 0 Å². The predicted molar refractivity (Wildman–Crippen MR) is 73.8 cm³/mol. The van der Waals surface area contributed by atoms with Crippen LogP contribution in [0.2, 0.25) is 0 Å². The van der Waals surface area contributed by atoms with Gasteiger partial charge in [-0.15, -0.1) is 0 Å². The molecule has 0 bridgehead atoms. The normalized spacial score (nSPS) is 12.3. The van der Waals surface area contributed by atoms with Gasteiger partial charge < -0.3 is 15.5 Å². The zero-order valence-corrected chi connectivity index (χ0v) is 12.8. The SMILES string of the molecule is CCC(CO)(CO)NC(=O)c1cc(C(F)(F)F)ccc1Br. The molecule has 8 heteroatoms. The van der Waals surface area contributed by atoms with Crippen molar-refractivity contribution >= 4 is 21.8 Å². The van der Waals surface area contributed by atoms with Crippen LogP contribution >= 0.6 is 15.9 Å². The van der Waals surface area contributed by atoms with Crippen molar-refractivity contribution in [3.05, 3.63) is 33.8 Å². The van der Waals surface area contributed by atoms with Gasteiger partial charge in [0, 0.05) is 4.47 Å². The van der Waals surface area contributed by atoms with Crippen molar-refractivity contribution in [3.63, 3.8) is 0 Å². The summed E-state index contributed by atoms with van der Waals surface area (Å²) in [7, 11) is 0. The van der Waals surface area contributed by atoms with E-state index in [1.54, 1.807) is 6.92 Å². The van der Waals surface area contributed by atoms with Gasteiger partial charge in [0.2, 0.25) is 0 Å². The average molecular weight is 370 g/mol. The van der Waals surface area contributed by atoms with Gasteiger partial charge in [0.25, 0.3) is 5.91 Å². The summed E-state index contributed by atoms with van der Waals surface area (Å²) in [6.07, 6.45) is -4.34. The van der Waals surface area contributed by atoms with Crippen molar-refractivity contribution in [1.29, 1.82) is 0 Å². The first-order valence-electron chi connectivity index (χ1n) is 6.10. The van der Waals surface area contributed by atoms with E-state index in [1.165, 1.54) is 0 Å². The van der Waals surface area contributed by atoms with Gasteiger partial charge in [-0.25, -0.2) is 0 Å². The van der Waals surface area contributed by atoms with Gasteiger partial charge in [0.15, 0.2) is 0 Å². The van der Waals surface area contributed by atoms with Crippen LogP contribution in [0.25, 0.3) is 0 Å². The van der Waals surface area contributed by atoms with Crippen LogP contribution in [0.15, 0.2) is 22.7 Å². The zero-order valence-electron chi connectivity index (χ0n) is 11.2. The molecule has 0 saturated heterocycles. The number of hydrogen-bond acceptors (Lipinski definition) is 3. The third kappa shape index (κ3) is 4.18. The quantitative estimate of drug-likeness (QED) is 0.745. The topological polar surface area (TPSA) is 69.6 Å². The minimum Gasteiger partial charge on any atom is -0.394 e. The number of amides is 1. The van der Waals surface area contributed by atoms with Gasteiger partial charge >= 0.3 is 6.18 Å². The molecule has 118 valence electrons. The van der Waals surface area contributed by atoms with Crippen molar-refractivity contribution in [3.8, 4) is 0 Å². The Balaban J connectivity index is 3.13. The summed E-state index contributed by atoms with van der Waals surface area (Å²) in [6, 6.07) is 2.70. The molecule has 0 spiro atoms. The second-order valence-corrected chi connectivity index (χ2v) is 5.45. The highest BCUT2D eigenvalue weighted by Gasteiger charge is 2.33. The highest BCUT2D eigenvalue weighted by molar-refractivity contribution is 9.10. The molecule has 21 heavy (non-hydrogen) atoms. The number of carbonyl (C=O) groups excluding carboxylic acids is 1. The number of alkyl halides is 3. The molecule has 0 atom stereocenters. The Bertz CT molecular complexity index is 508. The van der Waals surface area contributed by atoms with Crippen LogP contribution in [0, 0.1) is 0 Å². The molecular weight excluding hydrogens is 355 g/mol. The average Bonchev–Trinajstić information content (AvgIpc) is 2.44. The van der Waals surface area contributed by atoms with E-state index in [9.17, 15) is 28.2 Å². The van der Waals surface area contributed by atoms with E-state index >= 15 is 0 Å². The molecule has 4 nitrogen and oxygen atoms in total. The largest absolute Gasteiger partial charge is 0.416 e. The summed E-state index contributed by atoms with van der Waals surface area (Å²) in [6.45, 7) is 0.582. The molecule has 3 N–H and O–H groups in total. The molecule has 1 amide bonds. The van der Waals surface area contributed by atoms with E-state index in [1.807, 2.05) is 0 Å². The van der Waals surface area contributed by atoms with Crippen LogP contribution in [-0.2, 0) is 6.18 Å². The number of aliphatic hydroxyl groups excluding tert-OH is 2. The second kappa shape index (κ2) is 6.76. The Hall–Kier alpha value is -1.12. The fourth-order valence-corrected chi connectivity index (χ4v) is 2.05. The zero-order chi connectivity index (χ0) is 16.3.